The van der Waals surface area contributed by atoms with Gasteiger partial charge in [-0.1, -0.05) is 30.3 Å². The Labute approximate surface area is 128 Å². The molecule has 0 unspecified atom stereocenters. The highest BCUT2D eigenvalue weighted by Crippen LogP contribution is 2.43. The molecule has 0 amide bonds. The van der Waals surface area contributed by atoms with Crippen molar-refractivity contribution in [2.75, 3.05) is 0 Å². The van der Waals surface area contributed by atoms with E-state index in [-0.39, 0.29) is 0 Å². The van der Waals surface area contributed by atoms with E-state index in [2.05, 4.69) is 29.4 Å². The fraction of sp³-hybridized carbons (Fsp3) is 0.158. The molecule has 1 N–H and O–H groups in total. The number of carbonyl (C=O) groups is 1. The quantitative estimate of drug-likeness (QED) is 0.782. The summed E-state index contributed by atoms with van der Waals surface area (Å²) in [5, 5.41) is 10.1. The molecule has 1 aliphatic carbocycles. The number of carboxylic acid groups (broad SMARTS) is 1. The molecule has 3 nitrogen and oxygen atoms in total. The molecule has 0 atom stereocenters. The van der Waals surface area contributed by atoms with Crippen LogP contribution in [-0.4, -0.2) is 16.1 Å². The van der Waals surface area contributed by atoms with Gasteiger partial charge in [0, 0.05) is 5.39 Å². The third-order valence-corrected chi connectivity index (χ3v) is 4.20. The molecule has 1 fully saturated rings. The number of benzene rings is 2. The van der Waals surface area contributed by atoms with Gasteiger partial charge in [0.05, 0.1) is 17.3 Å². The number of fused-ring (bicyclic) bond motifs is 1. The number of carboxylic acids is 1. The predicted octanol–water partition coefficient (Wildman–Crippen LogP) is 4.28. The number of nitrogens with zero attached hydrogens (tertiary/aromatic N) is 1. The van der Waals surface area contributed by atoms with E-state index < -0.39 is 5.97 Å². The summed E-state index contributed by atoms with van der Waals surface area (Å²) in [6.45, 7) is 0. The molecule has 22 heavy (non-hydrogen) atoms. The lowest BCUT2D eigenvalue weighted by atomic mass is 9.97. The molecular weight excluding hydrogens is 274 g/mol. The van der Waals surface area contributed by atoms with E-state index in [0.717, 1.165) is 22.0 Å². The number of hydrogen-bond acceptors (Lipinski definition) is 2. The lowest BCUT2D eigenvalue weighted by Gasteiger charge is -2.09. The van der Waals surface area contributed by atoms with Gasteiger partial charge < -0.3 is 5.11 Å². The van der Waals surface area contributed by atoms with Gasteiger partial charge in [-0.15, -0.1) is 0 Å². The van der Waals surface area contributed by atoms with Gasteiger partial charge in [-0.3, -0.25) is 0 Å². The van der Waals surface area contributed by atoms with Crippen molar-refractivity contribution in [2.45, 2.75) is 18.8 Å². The fourth-order valence-corrected chi connectivity index (χ4v) is 2.90. The molecule has 0 bridgehead atoms. The van der Waals surface area contributed by atoms with Crippen molar-refractivity contribution >= 4 is 16.9 Å². The summed E-state index contributed by atoms with van der Waals surface area (Å²) < 4.78 is 0. The number of aromatic nitrogens is 1. The molecule has 1 saturated carbocycles. The largest absolute Gasteiger partial charge is 0.478 e. The maximum absolute atomic E-state index is 11.0. The predicted molar refractivity (Wildman–Crippen MR) is 84.9 cm³/mol. The minimum absolute atomic E-state index is 0.296. The molecule has 0 spiro atoms. The summed E-state index contributed by atoms with van der Waals surface area (Å²) >= 11 is 0. The van der Waals surface area contributed by atoms with E-state index in [9.17, 15) is 4.79 Å². The molecule has 0 saturated heterocycles. The Morgan fingerprint density at radius 1 is 1.14 bits per heavy atom. The van der Waals surface area contributed by atoms with Crippen LogP contribution in [0.15, 0.2) is 48.5 Å². The van der Waals surface area contributed by atoms with Crippen molar-refractivity contribution in [2.24, 2.45) is 0 Å². The number of pyridine rings is 1. The normalized spacial score (nSPS) is 14.2. The average molecular weight is 288 g/mol. The van der Waals surface area contributed by atoms with Crippen molar-refractivity contribution < 1.29 is 9.90 Å². The highest BCUT2D eigenvalue weighted by molar-refractivity contribution is 5.97. The van der Waals surface area contributed by atoms with E-state index in [0.29, 0.717) is 11.5 Å². The molecule has 1 aromatic heterocycles. The smallest absolute Gasteiger partial charge is 0.335 e. The summed E-state index contributed by atoms with van der Waals surface area (Å²) in [4.78, 5) is 15.4. The van der Waals surface area contributed by atoms with Gasteiger partial charge in [0.25, 0.3) is 0 Å². The maximum Gasteiger partial charge on any atom is 0.335 e. The topological polar surface area (TPSA) is 50.2 Å². The Balaban J connectivity index is 1.88. The van der Waals surface area contributed by atoms with Crippen LogP contribution < -0.4 is 0 Å². The number of rotatable bonds is 3. The molecule has 1 heterocycles. The van der Waals surface area contributed by atoms with Crippen LogP contribution in [-0.2, 0) is 0 Å². The first-order valence-corrected chi connectivity index (χ1v) is 7.37. The summed E-state index contributed by atoms with van der Waals surface area (Å²) in [5.74, 6) is -0.275. The molecule has 3 heteroatoms. The monoisotopic (exact) mass is 288 g/mol. The Morgan fingerprint density at radius 3 is 2.59 bits per heavy atom. The van der Waals surface area contributed by atoms with E-state index in [1.165, 1.54) is 18.4 Å². The van der Waals surface area contributed by atoms with Crippen LogP contribution in [0.4, 0.5) is 0 Å². The summed E-state index contributed by atoms with van der Waals surface area (Å²) in [7, 11) is 0. The number of hydrogen-bond donors (Lipinski definition) is 1. The van der Waals surface area contributed by atoms with Gasteiger partial charge in [0.15, 0.2) is 0 Å². The van der Waals surface area contributed by atoms with Gasteiger partial charge in [0.1, 0.15) is 0 Å². The SMILES string of the molecule is O=C(O)c1ccc(-c2c[c]nc3c(C4CC4)cccc23)cc1. The zero-order valence-corrected chi connectivity index (χ0v) is 11.9. The Hall–Kier alpha value is -2.68. The lowest BCUT2D eigenvalue weighted by Crippen LogP contribution is -1.95. The van der Waals surface area contributed by atoms with Crippen LogP contribution >= 0.6 is 0 Å². The van der Waals surface area contributed by atoms with Gasteiger partial charge in [-0.25, -0.2) is 9.78 Å². The first-order valence-electron chi connectivity index (χ1n) is 7.37. The molecule has 1 aliphatic rings. The van der Waals surface area contributed by atoms with Gasteiger partial charge in [-0.2, -0.15) is 0 Å². The fourth-order valence-electron chi connectivity index (χ4n) is 2.90. The third-order valence-electron chi connectivity index (χ3n) is 4.20. The second-order valence-corrected chi connectivity index (χ2v) is 5.70. The van der Waals surface area contributed by atoms with E-state index in [1.807, 2.05) is 18.2 Å². The van der Waals surface area contributed by atoms with Crippen molar-refractivity contribution in [1.29, 1.82) is 0 Å². The van der Waals surface area contributed by atoms with E-state index in [1.54, 1.807) is 12.1 Å². The first kappa shape index (κ1) is 13.0. The minimum atomic E-state index is -0.909. The van der Waals surface area contributed by atoms with Crippen LogP contribution in [0.1, 0.15) is 34.7 Å². The van der Waals surface area contributed by atoms with Gasteiger partial charge in [-0.05, 0) is 53.6 Å². The van der Waals surface area contributed by atoms with Gasteiger partial charge in [0.2, 0.25) is 0 Å². The van der Waals surface area contributed by atoms with Gasteiger partial charge >= 0.3 is 5.97 Å². The van der Waals surface area contributed by atoms with Crippen molar-refractivity contribution in [3.05, 3.63) is 65.9 Å². The van der Waals surface area contributed by atoms with Crippen LogP contribution in [0, 0.1) is 6.20 Å². The van der Waals surface area contributed by atoms with Crippen molar-refractivity contribution in [3.8, 4) is 11.1 Å². The maximum atomic E-state index is 11.0. The minimum Gasteiger partial charge on any atom is -0.478 e. The Morgan fingerprint density at radius 2 is 1.91 bits per heavy atom. The van der Waals surface area contributed by atoms with Crippen LogP contribution in [0.5, 0.6) is 0 Å². The van der Waals surface area contributed by atoms with Crippen molar-refractivity contribution in [3.63, 3.8) is 0 Å². The molecule has 3 aromatic rings. The lowest BCUT2D eigenvalue weighted by molar-refractivity contribution is 0.0697. The molecular formula is C19H14NO2. The highest BCUT2D eigenvalue weighted by atomic mass is 16.4. The summed E-state index contributed by atoms with van der Waals surface area (Å²) in [6.07, 6.45) is 5.47. The zero-order chi connectivity index (χ0) is 15.1. The zero-order valence-electron chi connectivity index (χ0n) is 11.9. The highest BCUT2D eigenvalue weighted by Gasteiger charge is 2.26. The second kappa shape index (κ2) is 4.95. The van der Waals surface area contributed by atoms with E-state index >= 15 is 0 Å². The molecule has 1 radical (unpaired) electrons. The van der Waals surface area contributed by atoms with Crippen molar-refractivity contribution in [1.82, 2.24) is 4.98 Å². The summed E-state index contributed by atoms with van der Waals surface area (Å²) in [6, 6.07) is 15.1. The second-order valence-electron chi connectivity index (χ2n) is 5.70. The average Bonchev–Trinajstić information content (AvgIpc) is 3.38. The summed E-state index contributed by atoms with van der Waals surface area (Å²) in [5.41, 5.74) is 4.65. The standard InChI is InChI=1S/C19H14NO2/c21-19(22)14-8-6-12(7-9-14)15-10-11-20-18-16(13-4-5-13)2-1-3-17(15)18/h1-3,6-10,13H,4-5H2,(H,21,22). The molecule has 2 aromatic carbocycles. The van der Waals surface area contributed by atoms with Crippen LogP contribution in [0.25, 0.3) is 22.0 Å². The molecule has 107 valence electrons. The van der Waals surface area contributed by atoms with Crippen LogP contribution in [0.2, 0.25) is 0 Å². The van der Waals surface area contributed by atoms with Crippen LogP contribution in [0.3, 0.4) is 0 Å². The molecule has 0 aliphatic heterocycles. The first-order chi connectivity index (χ1) is 10.7. The number of aromatic carboxylic acids is 1. The van der Waals surface area contributed by atoms with E-state index in [4.69, 9.17) is 5.11 Å². The Bertz CT molecular complexity index is 864. The third kappa shape index (κ3) is 2.15. The Kier molecular flexibility index (Phi) is 2.93. The molecule has 4 rings (SSSR count). The number of para-hydroxylation sites is 1.